The Labute approximate surface area is 140 Å². The monoisotopic (exact) mass is 330 g/mol. The van der Waals surface area contributed by atoms with Crippen molar-refractivity contribution in [2.75, 3.05) is 12.4 Å². The molecule has 0 spiro atoms. The molecule has 6 heteroatoms. The molecule has 1 heterocycles. The third kappa shape index (κ3) is 4.07. The van der Waals surface area contributed by atoms with E-state index < -0.39 is 0 Å². The van der Waals surface area contributed by atoms with E-state index in [0.717, 1.165) is 29.8 Å². The van der Waals surface area contributed by atoms with Gasteiger partial charge >= 0.3 is 0 Å². The molecule has 1 aromatic heterocycles. The third-order valence-electron chi connectivity index (χ3n) is 4.45. The van der Waals surface area contributed by atoms with Gasteiger partial charge in [0.2, 0.25) is 0 Å². The van der Waals surface area contributed by atoms with Gasteiger partial charge in [-0.15, -0.1) is 5.10 Å². The molecule has 1 fully saturated rings. The van der Waals surface area contributed by atoms with Gasteiger partial charge in [0.1, 0.15) is 0 Å². The zero-order valence-electron chi connectivity index (χ0n) is 13.4. The first kappa shape index (κ1) is 15.9. The number of carbonyl (C=O) groups excluding carboxylic acids is 1. The lowest BCUT2D eigenvalue weighted by atomic mass is 9.94. The number of amides is 1. The van der Waals surface area contributed by atoms with Crippen molar-refractivity contribution >= 4 is 23.1 Å². The van der Waals surface area contributed by atoms with Crippen LogP contribution in [0.1, 0.15) is 48.2 Å². The highest BCUT2D eigenvalue weighted by atomic mass is 32.1. The third-order valence-corrected chi connectivity index (χ3v) is 5.01. The molecule has 0 aliphatic heterocycles. The van der Waals surface area contributed by atoms with E-state index in [1.165, 1.54) is 30.8 Å². The van der Waals surface area contributed by atoms with Crippen LogP contribution in [-0.4, -0.2) is 33.5 Å². The summed E-state index contributed by atoms with van der Waals surface area (Å²) in [6, 6.07) is 8.07. The van der Waals surface area contributed by atoms with Crippen molar-refractivity contribution in [3.63, 3.8) is 0 Å². The molecule has 2 aromatic rings. The Bertz CT molecular complexity index is 621. The molecule has 1 N–H and O–H groups in total. The topological polar surface area (TPSA) is 58.1 Å². The van der Waals surface area contributed by atoms with Crippen LogP contribution in [0.25, 0.3) is 0 Å². The molecule has 23 heavy (non-hydrogen) atoms. The predicted octanol–water partition coefficient (Wildman–Crippen LogP) is 3.55. The van der Waals surface area contributed by atoms with Crippen molar-refractivity contribution in [1.29, 1.82) is 0 Å². The maximum atomic E-state index is 12.6. The van der Waals surface area contributed by atoms with Crippen LogP contribution in [0, 0.1) is 0 Å². The van der Waals surface area contributed by atoms with Gasteiger partial charge in [-0.2, -0.15) is 0 Å². The molecule has 1 saturated carbocycles. The highest BCUT2D eigenvalue weighted by molar-refractivity contribution is 7.03. The van der Waals surface area contributed by atoms with E-state index in [0.29, 0.717) is 12.6 Å². The maximum Gasteiger partial charge on any atom is 0.253 e. The van der Waals surface area contributed by atoms with E-state index in [-0.39, 0.29) is 5.91 Å². The molecule has 122 valence electrons. The Hall–Kier alpha value is -1.95. The van der Waals surface area contributed by atoms with E-state index in [1.54, 1.807) is 0 Å². The van der Waals surface area contributed by atoms with E-state index >= 15 is 0 Å². The van der Waals surface area contributed by atoms with Crippen LogP contribution in [0.2, 0.25) is 0 Å². The largest absolute Gasteiger partial charge is 0.379 e. The van der Waals surface area contributed by atoms with Gasteiger partial charge in [-0.1, -0.05) is 23.8 Å². The summed E-state index contributed by atoms with van der Waals surface area (Å²) in [4.78, 5) is 14.5. The van der Waals surface area contributed by atoms with Crippen molar-refractivity contribution in [1.82, 2.24) is 14.5 Å². The second-order valence-electron chi connectivity index (χ2n) is 6.04. The number of nitrogens with zero attached hydrogens (tertiary/aromatic N) is 3. The lowest BCUT2D eigenvalue weighted by Gasteiger charge is -2.31. The summed E-state index contributed by atoms with van der Waals surface area (Å²) in [6.45, 7) is 0.645. The lowest BCUT2D eigenvalue weighted by molar-refractivity contribution is 0.0696. The van der Waals surface area contributed by atoms with Crippen LogP contribution >= 0.6 is 11.5 Å². The molecule has 3 rings (SSSR count). The number of carbonyl (C=O) groups is 1. The number of aromatic nitrogens is 2. The summed E-state index contributed by atoms with van der Waals surface area (Å²) in [6.07, 6.45) is 6.02. The lowest BCUT2D eigenvalue weighted by Crippen LogP contribution is -2.38. The molecule has 0 saturated heterocycles. The minimum Gasteiger partial charge on any atom is -0.379 e. The average molecular weight is 330 g/mol. The van der Waals surface area contributed by atoms with Crippen LogP contribution in [0.5, 0.6) is 0 Å². The fourth-order valence-corrected chi connectivity index (χ4v) is 3.47. The summed E-state index contributed by atoms with van der Waals surface area (Å²) in [5.74, 6) is 0.118. The van der Waals surface area contributed by atoms with Crippen molar-refractivity contribution in [2.24, 2.45) is 0 Å². The molecule has 1 aromatic carbocycles. The van der Waals surface area contributed by atoms with Gasteiger partial charge in [0.15, 0.2) is 0 Å². The fourth-order valence-electron chi connectivity index (χ4n) is 3.02. The minimum absolute atomic E-state index is 0.118. The number of hydrogen-bond acceptors (Lipinski definition) is 5. The van der Waals surface area contributed by atoms with E-state index in [1.807, 2.05) is 41.6 Å². The Morgan fingerprint density at radius 1 is 1.26 bits per heavy atom. The molecule has 0 bridgehead atoms. The zero-order chi connectivity index (χ0) is 16.1. The van der Waals surface area contributed by atoms with E-state index in [2.05, 4.69) is 14.9 Å². The van der Waals surface area contributed by atoms with Gasteiger partial charge in [0, 0.05) is 29.7 Å². The number of anilines is 1. The first-order valence-corrected chi connectivity index (χ1v) is 8.95. The van der Waals surface area contributed by atoms with Gasteiger partial charge in [0.25, 0.3) is 5.91 Å². The van der Waals surface area contributed by atoms with E-state index in [9.17, 15) is 4.79 Å². The Morgan fingerprint density at radius 3 is 2.65 bits per heavy atom. The quantitative estimate of drug-likeness (QED) is 0.911. The number of hydrogen-bond donors (Lipinski definition) is 1. The van der Waals surface area contributed by atoms with Crippen molar-refractivity contribution in [2.45, 2.75) is 44.7 Å². The van der Waals surface area contributed by atoms with Crippen molar-refractivity contribution in [3.05, 3.63) is 40.9 Å². The van der Waals surface area contributed by atoms with Crippen LogP contribution in [-0.2, 0) is 6.54 Å². The summed E-state index contributed by atoms with van der Waals surface area (Å²) in [5.41, 5.74) is 2.65. The number of rotatable bonds is 5. The van der Waals surface area contributed by atoms with Crippen molar-refractivity contribution in [3.8, 4) is 0 Å². The molecule has 1 aliphatic rings. The summed E-state index contributed by atoms with van der Waals surface area (Å²) in [5, 5.41) is 9.20. The molecule has 0 radical (unpaired) electrons. The number of benzene rings is 1. The molecule has 1 amide bonds. The second-order valence-corrected chi connectivity index (χ2v) is 6.64. The fraction of sp³-hybridized carbons (Fsp3) is 0.471. The Balaban J connectivity index is 1.58. The van der Waals surface area contributed by atoms with Crippen LogP contribution in [0.15, 0.2) is 29.6 Å². The Kier molecular flexibility index (Phi) is 5.23. The summed E-state index contributed by atoms with van der Waals surface area (Å²) >= 11 is 1.35. The van der Waals surface area contributed by atoms with E-state index in [4.69, 9.17) is 0 Å². The average Bonchev–Trinajstić information content (AvgIpc) is 3.13. The maximum absolute atomic E-state index is 12.6. The normalized spacial score (nSPS) is 15.3. The van der Waals surface area contributed by atoms with Gasteiger partial charge in [-0.25, -0.2) is 0 Å². The van der Waals surface area contributed by atoms with Crippen LogP contribution < -0.4 is 5.32 Å². The molecule has 5 nitrogen and oxygen atoms in total. The van der Waals surface area contributed by atoms with Crippen LogP contribution in [0.3, 0.4) is 0 Å². The first-order chi connectivity index (χ1) is 11.2. The molecule has 0 unspecified atom stereocenters. The molecule has 0 atom stereocenters. The summed E-state index contributed by atoms with van der Waals surface area (Å²) in [7, 11) is 1.93. The van der Waals surface area contributed by atoms with Crippen molar-refractivity contribution < 1.29 is 4.79 Å². The minimum atomic E-state index is 0.118. The molecular weight excluding hydrogens is 308 g/mol. The first-order valence-electron chi connectivity index (χ1n) is 8.11. The van der Waals surface area contributed by atoms with Gasteiger partial charge in [-0.05, 0) is 48.6 Å². The molecular formula is C17H22N4OS. The highest BCUT2D eigenvalue weighted by Crippen LogP contribution is 2.23. The highest BCUT2D eigenvalue weighted by Gasteiger charge is 2.22. The zero-order valence-corrected chi connectivity index (χ0v) is 14.2. The molecule has 1 aliphatic carbocycles. The second kappa shape index (κ2) is 7.55. The van der Waals surface area contributed by atoms with Crippen LogP contribution in [0.4, 0.5) is 5.69 Å². The van der Waals surface area contributed by atoms with Gasteiger partial charge < -0.3 is 10.2 Å². The Morgan fingerprint density at radius 2 is 2.00 bits per heavy atom. The van der Waals surface area contributed by atoms with Gasteiger partial charge in [0.05, 0.1) is 12.2 Å². The number of nitrogens with one attached hydrogen (secondary N) is 1. The standard InChI is InChI=1S/C17H22N4OS/c1-21(16-5-3-2-4-6-16)17(22)13-7-9-14(10-8-13)18-11-15-12-23-20-19-15/h7-10,12,16,18H,2-6,11H2,1H3. The smallest absolute Gasteiger partial charge is 0.253 e. The SMILES string of the molecule is CN(C(=O)c1ccc(NCc2csnn2)cc1)C1CCCCC1. The summed E-state index contributed by atoms with van der Waals surface area (Å²) < 4.78 is 3.84. The van der Waals surface area contributed by atoms with Gasteiger partial charge in [-0.3, -0.25) is 4.79 Å². The predicted molar refractivity (Wildman–Crippen MR) is 92.6 cm³/mol.